The van der Waals surface area contributed by atoms with Gasteiger partial charge in [-0.1, -0.05) is 6.92 Å². The molecule has 126 valence electrons. The first kappa shape index (κ1) is 17.1. The molecule has 2 rings (SSSR count). The Balaban J connectivity index is 2.69. The van der Waals surface area contributed by atoms with Gasteiger partial charge < -0.3 is 25.5 Å². The van der Waals surface area contributed by atoms with Crippen LogP contribution in [0.5, 0.6) is 23.0 Å². The van der Waals surface area contributed by atoms with Gasteiger partial charge in [0.15, 0.2) is 0 Å². The molecular formula is C17H17NO6. The summed E-state index contributed by atoms with van der Waals surface area (Å²) >= 11 is 0. The predicted molar refractivity (Wildman–Crippen MR) is 87.9 cm³/mol. The predicted octanol–water partition coefficient (Wildman–Crippen LogP) is 2.46. The summed E-state index contributed by atoms with van der Waals surface area (Å²) in [6, 6.07) is 6.37. The lowest BCUT2D eigenvalue weighted by atomic mass is 9.93. The second kappa shape index (κ2) is 6.91. The summed E-state index contributed by atoms with van der Waals surface area (Å²) in [5, 5.41) is 48.1. The Kier molecular flexibility index (Phi) is 4.93. The fraction of sp³-hybridized carbons (Fsp3) is 0.176. The monoisotopic (exact) mass is 331 g/mol. The van der Waals surface area contributed by atoms with Gasteiger partial charge in [0.25, 0.3) is 0 Å². The van der Waals surface area contributed by atoms with E-state index in [2.05, 4.69) is 4.99 Å². The van der Waals surface area contributed by atoms with Gasteiger partial charge in [-0.25, -0.2) is 0 Å². The molecule has 0 aliphatic rings. The number of aliphatic imine (C=N–C) groups is 1. The minimum absolute atomic E-state index is 0.00942. The molecule has 0 spiro atoms. The van der Waals surface area contributed by atoms with E-state index in [1.165, 1.54) is 18.2 Å². The van der Waals surface area contributed by atoms with Crippen LogP contribution in [0.4, 0.5) is 0 Å². The summed E-state index contributed by atoms with van der Waals surface area (Å²) in [5.74, 6) is -2.27. The van der Waals surface area contributed by atoms with Gasteiger partial charge in [-0.2, -0.15) is 0 Å². The number of carboxylic acid groups (broad SMARTS) is 1. The second-order valence-electron chi connectivity index (χ2n) is 5.10. The van der Waals surface area contributed by atoms with Gasteiger partial charge in [0, 0.05) is 29.0 Å². The van der Waals surface area contributed by atoms with E-state index in [9.17, 15) is 25.2 Å². The topological polar surface area (TPSA) is 131 Å². The highest BCUT2D eigenvalue weighted by Gasteiger charge is 2.18. The third-order valence-corrected chi connectivity index (χ3v) is 3.40. The van der Waals surface area contributed by atoms with Crippen LogP contribution in [0.25, 0.3) is 11.1 Å². The molecular weight excluding hydrogens is 314 g/mol. The fourth-order valence-electron chi connectivity index (χ4n) is 2.41. The van der Waals surface area contributed by atoms with Gasteiger partial charge in [0.1, 0.15) is 29.5 Å². The Morgan fingerprint density at radius 1 is 1.00 bits per heavy atom. The first-order valence-electron chi connectivity index (χ1n) is 7.17. The van der Waals surface area contributed by atoms with Crippen LogP contribution in [0.1, 0.15) is 18.9 Å². The van der Waals surface area contributed by atoms with E-state index in [1.54, 1.807) is 6.92 Å². The number of phenolic OH excluding ortho intramolecular Hbond substituents is 4. The number of carbonyl (C=O) groups is 1. The van der Waals surface area contributed by atoms with Gasteiger partial charge in [-0.15, -0.1) is 0 Å². The molecule has 5 N–H and O–H groups in total. The standard InChI is InChI=1S/C17H17NO6/c1-2-13(18-8-16(23)24)11-4-3-9(19)5-12(11)17-14(21)6-10(20)7-15(17)22/h3-7,19-22H,2,8H2,1H3,(H,23,24). The quantitative estimate of drug-likeness (QED) is 0.535. The number of benzene rings is 2. The number of phenols is 4. The lowest BCUT2D eigenvalue weighted by Gasteiger charge is -2.15. The van der Waals surface area contributed by atoms with Crippen LogP contribution in [0.15, 0.2) is 35.3 Å². The van der Waals surface area contributed by atoms with Crippen molar-refractivity contribution in [2.75, 3.05) is 6.54 Å². The maximum absolute atomic E-state index is 10.8. The van der Waals surface area contributed by atoms with Crippen molar-refractivity contribution in [1.82, 2.24) is 0 Å². The van der Waals surface area contributed by atoms with Crippen molar-refractivity contribution in [2.24, 2.45) is 4.99 Å². The van der Waals surface area contributed by atoms with E-state index in [-0.39, 0.29) is 34.1 Å². The third-order valence-electron chi connectivity index (χ3n) is 3.40. The Hall–Kier alpha value is -3.22. The zero-order valence-electron chi connectivity index (χ0n) is 12.9. The number of carboxylic acids is 1. The van der Waals surface area contributed by atoms with Crippen molar-refractivity contribution in [3.05, 3.63) is 35.9 Å². The molecule has 0 bridgehead atoms. The first-order chi connectivity index (χ1) is 11.3. The van der Waals surface area contributed by atoms with E-state index < -0.39 is 12.5 Å². The Morgan fingerprint density at radius 3 is 2.17 bits per heavy atom. The van der Waals surface area contributed by atoms with Gasteiger partial charge in [-0.05, 0) is 24.6 Å². The van der Waals surface area contributed by atoms with Crippen LogP contribution >= 0.6 is 0 Å². The molecule has 2 aromatic rings. The molecule has 7 heteroatoms. The van der Waals surface area contributed by atoms with Crippen LogP contribution in [-0.4, -0.2) is 43.8 Å². The average Bonchev–Trinajstić information content (AvgIpc) is 2.48. The van der Waals surface area contributed by atoms with Crippen molar-refractivity contribution in [3.8, 4) is 34.1 Å². The highest BCUT2D eigenvalue weighted by atomic mass is 16.4. The van der Waals surface area contributed by atoms with E-state index in [0.717, 1.165) is 12.1 Å². The maximum atomic E-state index is 10.8. The van der Waals surface area contributed by atoms with Crippen LogP contribution in [0.2, 0.25) is 0 Å². The van der Waals surface area contributed by atoms with Crippen molar-refractivity contribution in [3.63, 3.8) is 0 Å². The van der Waals surface area contributed by atoms with E-state index >= 15 is 0 Å². The van der Waals surface area contributed by atoms with Gasteiger partial charge >= 0.3 is 5.97 Å². The van der Waals surface area contributed by atoms with E-state index in [4.69, 9.17) is 5.11 Å². The summed E-state index contributed by atoms with van der Waals surface area (Å²) in [4.78, 5) is 14.8. The Labute approximate surface area is 137 Å². The van der Waals surface area contributed by atoms with Crippen LogP contribution in [0, 0.1) is 0 Å². The SMILES string of the molecule is CCC(=NCC(=O)O)c1ccc(O)cc1-c1c(O)cc(O)cc1O. The Bertz CT molecular complexity index is 790. The zero-order valence-corrected chi connectivity index (χ0v) is 12.9. The van der Waals surface area contributed by atoms with Crippen LogP contribution in [-0.2, 0) is 4.79 Å². The summed E-state index contributed by atoms with van der Waals surface area (Å²) in [5.41, 5.74) is 1.19. The van der Waals surface area contributed by atoms with Crippen LogP contribution in [0.3, 0.4) is 0 Å². The van der Waals surface area contributed by atoms with Gasteiger partial charge in [0.2, 0.25) is 0 Å². The minimum atomic E-state index is -1.09. The molecule has 24 heavy (non-hydrogen) atoms. The molecule has 7 nitrogen and oxygen atoms in total. The number of rotatable bonds is 5. The lowest BCUT2D eigenvalue weighted by molar-refractivity contribution is -0.135. The normalized spacial score (nSPS) is 11.5. The Morgan fingerprint density at radius 2 is 1.62 bits per heavy atom. The molecule has 0 radical (unpaired) electrons. The molecule has 0 saturated heterocycles. The summed E-state index contributed by atoms with van der Waals surface area (Å²) in [6.07, 6.45) is 0.407. The molecule has 0 heterocycles. The molecule has 0 saturated carbocycles. The number of aromatic hydroxyl groups is 4. The fourth-order valence-corrected chi connectivity index (χ4v) is 2.41. The van der Waals surface area contributed by atoms with Crippen molar-refractivity contribution in [1.29, 1.82) is 0 Å². The second-order valence-corrected chi connectivity index (χ2v) is 5.10. The molecule has 2 aromatic carbocycles. The van der Waals surface area contributed by atoms with Gasteiger partial charge in [0.05, 0.1) is 5.56 Å². The first-order valence-corrected chi connectivity index (χ1v) is 7.17. The van der Waals surface area contributed by atoms with E-state index in [1.807, 2.05) is 0 Å². The molecule has 0 aliphatic carbocycles. The lowest BCUT2D eigenvalue weighted by Crippen LogP contribution is -2.07. The number of hydrogen-bond acceptors (Lipinski definition) is 6. The molecule has 0 fully saturated rings. The largest absolute Gasteiger partial charge is 0.508 e. The van der Waals surface area contributed by atoms with Crippen LogP contribution < -0.4 is 0 Å². The average molecular weight is 331 g/mol. The van der Waals surface area contributed by atoms with Gasteiger partial charge in [-0.3, -0.25) is 9.79 Å². The number of nitrogens with zero attached hydrogens (tertiary/aromatic N) is 1. The molecule has 0 aliphatic heterocycles. The van der Waals surface area contributed by atoms with Crippen molar-refractivity contribution in [2.45, 2.75) is 13.3 Å². The molecule has 0 atom stereocenters. The highest BCUT2D eigenvalue weighted by molar-refractivity contribution is 6.07. The number of aliphatic carboxylic acids is 1. The smallest absolute Gasteiger partial charge is 0.325 e. The highest BCUT2D eigenvalue weighted by Crippen LogP contribution is 2.42. The molecule has 0 amide bonds. The molecule has 0 aromatic heterocycles. The van der Waals surface area contributed by atoms with E-state index in [0.29, 0.717) is 17.7 Å². The van der Waals surface area contributed by atoms with Crippen molar-refractivity contribution < 1.29 is 30.3 Å². The summed E-state index contributed by atoms with van der Waals surface area (Å²) < 4.78 is 0. The summed E-state index contributed by atoms with van der Waals surface area (Å²) in [7, 11) is 0. The molecule has 0 unspecified atom stereocenters. The zero-order chi connectivity index (χ0) is 17.9. The third kappa shape index (κ3) is 3.57. The maximum Gasteiger partial charge on any atom is 0.325 e. The number of hydrogen-bond donors (Lipinski definition) is 5. The summed E-state index contributed by atoms with van der Waals surface area (Å²) in [6.45, 7) is 1.37. The minimum Gasteiger partial charge on any atom is -0.508 e. The van der Waals surface area contributed by atoms with Crippen molar-refractivity contribution >= 4 is 11.7 Å².